The number of carbonyl (C=O) groups is 1. The van der Waals surface area contributed by atoms with Crippen LogP contribution in [-0.2, 0) is 10.0 Å². The fourth-order valence-electron chi connectivity index (χ4n) is 3.99. The number of amides is 1. The predicted molar refractivity (Wildman–Crippen MR) is 132 cm³/mol. The molecule has 2 aromatic carbocycles. The van der Waals surface area contributed by atoms with E-state index < -0.39 is 15.9 Å². The van der Waals surface area contributed by atoms with Gasteiger partial charge < -0.3 is 10.2 Å². The minimum Gasteiger partial charge on any atom is -0.322 e. The zero-order chi connectivity index (χ0) is 23.9. The molecule has 0 atom stereocenters. The van der Waals surface area contributed by atoms with E-state index in [4.69, 9.17) is 0 Å². The van der Waals surface area contributed by atoms with Crippen molar-refractivity contribution in [3.8, 4) is 0 Å². The summed E-state index contributed by atoms with van der Waals surface area (Å²) in [6.45, 7) is 7.88. The zero-order valence-corrected chi connectivity index (χ0v) is 20.8. The van der Waals surface area contributed by atoms with Crippen molar-refractivity contribution in [2.75, 3.05) is 38.5 Å². The van der Waals surface area contributed by atoms with E-state index in [2.05, 4.69) is 10.2 Å². The van der Waals surface area contributed by atoms with Crippen LogP contribution in [0.25, 0.3) is 10.2 Å². The number of benzene rings is 2. The van der Waals surface area contributed by atoms with Crippen LogP contribution < -0.4 is 10.2 Å². The molecule has 1 fully saturated rings. The Labute approximate surface area is 197 Å². The highest BCUT2D eigenvalue weighted by Gasteiger charge is 2.28. The molecule has 1 saturated heterocycles. The lowest BCUT2D eigenvalue weighted by atomic mass is 10.1. The summed E-state index contributed by atoms with van der Waals surface area (Å²) in [4.78, 5) is 27.5. The van der Waals surface area contributed by atoms with Crippen molar-refractivity contribution in [2.24, 2.45) is 0 Å². The minimum atomic E-state index is -3.68. The summed E-state index contributed by atoms with van der Waals surface area (Å²) in [5.74, 6) is -0.391. The molecule has 4 rings (SSSR count). The second-order valence-corrected chi connectivity index (χ2v) is 11.6. The number of sulfonamides is 1. The summed E-state index contributed by atoms with van der Waals surface area (Å²) in [5.41, 5.74) is 2.37. The van der Waals surface area contributed by atoms with Gasteiger partial charge in [-0.15, -0.1) is 0 Å². The lowest BCUT2D eigenvalue weighted by Crippen LogP contribution is -2.47. The van der Waals surface area contributed by atoms with Crippen LogP contribution in [0.2, 0.25) is 0 Å². The van der Waals surface area contributed by atoms with Crippen molar-refractivity contribution >= 4 is 43.2 Å². The number of nitrogens with zero attached hydrogens (tertiary/aromatic N) is 3. The lowest BCUT2D eigenvalue weighted by Gasteiger charge is -2.31. The van der Waals surface area contributed by atoms with E-state index in [0.717, 1.165) is 21.6 Å². The van der Waals surface area contributed by atoms with Crippen LogP contribution in [0.4, 0.5) is 5.69 Å². The quantitative estimate of drug-likeness (QED) is 0.596. The molecule has 176 valence electrons. The van der Waals surface area contributed by atoms with Gasteiger partial charge in [-0.1, -0.05) is 17.4 Å². The Hall–Kier alpha value is -2.53. The Balaban J connectivity index is 1.60. The van der Waals surface area contributed by atoms with E-state index in [1.54, 1.807) is 35.8 Å². The maximum absolute atomic E-state index is 13.1. The summed E-state index contributed by atoms with van der Waals surface area (Å²) in [6.07, 6.45) is 0. The number of piperazine rings is 1. The molecule has 3 aromatic rings. The molecule has 0 radical (unpaired) electrons. The van der Waals surface area contributed by atoms with Gasteiger partial charge in [0, 0.05) is 43.5 Å². The topological polar surface area (TPSA) is 91.7 Å². The molecular formula is C23H28N4O4S2. The largest absolute Gasteiger partial charge is 0.322 e. The number of rotatable bonds is 5. The second kappa shape index (κ2) is 9.02. The van der Waals surface area contributed by atoms with E-state index in [9.17, 15) is 18.0 Å². The maximum Gasteiger partial charge on any atom is 0.308 e. The smallest absolute Gasteiger partial charge is 0.308 e. The molecule has 0 saturated carbocycles. The van der Waals surface area contributed by atoms with Crippen molar-refractivity contribution in [3.05, 3.63) is 57.2 Å². The van der Waals surface area contributed by atoms with Crippen LogP contribution in [0.1, 0.15) is 35.8 Å². The molecule has 1 amide bonds. The molecule has 0 unspecified atom stereocenters. The molecule has 10 heteroatoms. The number of fused-ring (bicyclic) bond motifs is 1. The summed E-state index contributed by atoms with van der Waals surface area (Å²) in [7, 11) is -1.71. The van der Waals surface area contributed by atoms with Crippen LogP contribution in [-0.4, -0.2) is 61.3 Å². The van der Waals surface area contributed by atoms with Crippen molar-refractivity contribution < 1.29 is 13.2 Å². The SMILES string of the molecule is Cc1ccc(S(=O)(=O)N2CCN(C)CC2)cc1C(=O)Nc1ccc2c(c1)sc(=O)n2C(C)C. The average Bonchev–Trinajstić information content (AvgIpc) is 3.09. The molecule has 1 aliphatic rings. The van der Waals surface area contributed by atoms with Gasteiger partial charge in [0.25, 0.3) is 5.91 Å². The van der Waals surface area contributed by atoms with Crippen molar-refractivity contribution in [1.82, 2.24) is 13.8 Å². The van der Waals surface area contributed by atoms with Gasteiger partial charge in [-0.05, 0) is 63.7 Å². The first kappa shape index (κ1) is 23.6. The van der Waals surface area contributed by atoms with Gasteiger partial charge in [0.1, 0.15) is 0 Å². The number of hydrogen-bond donors (Lipinski definition) is 1. The molecule has 0 bridgehead atoms. The van der Waals surface area contributed by atoms with Gasteiger partial charge in [-0.2, -0.15) is 4.31 Å². The van der Waals surface area contributed by atoms with Gasteiger partial charge in [-0.25, -0.2) is 8.42 Å². The number of thiazole rings is 1. The maximum atomic E-state index is 13.1. The van der Waals surface area contributed by atoms with E-state index in [0.29, 0.717) is 43.0 Å². The van der Waals surface area contributed by atoms with E-state index in [-0.39, 0.29) is 15.8 Å². The minimum absolute atomic E-state index is 0.0406. The predicted octanol–water partition coefficient (Wildman–Crippen LogP) is 3.14. The highest BCUT2D eigenvalue weighted by molar-refractivity contribution is 7.89. The first-order valence-corrected chi connectivity index (χ1v) is 13.1. The third kappa shape index (κ3) is 4.61. The highest BCUT2D eigenvalue weighted by Crippen LogP contribution is 2.26. The van der Waals surface area contributed by atoms with Crippen LogP contribution in [0, 0.1) is 6.92 Å². The first-order valence-electron chi connectivity index (χ1n) is 10.8. The average molecular weight is 489 g/mol. The molecular weight excluding hydrogens is 460 g/mol. The van der Waals surface area contributed by atoms with Crippen LogP contribution in [0.15, 0.2) is 46.1 Å². The monoisotopic (exact) mass is 488 g/mol. The van der Waals surface area contributed by atoms with Gasteiger partial charge in [-0.3, -0.25) is 14.2 Å². The summed E-state index contributed by atoms with van der Waals surface area (Å²) in [5, 5.41) is 2.85. The molecule has 0 spiro atoms. The molecule has 1 aliphatic heterocycles. The Morgan fingerprint density at radius 3 is 2.42 bits per heavy atom. The number of likely N-dealkylation sites (N-methyl/N-ethyl adjacent to an activating group) is 1. The Bertz CT molecular complexity index is 1370. The number of aromatic nitrogens is 1. The van der Waals surface area contributed by atoms with Crippen LogP contribution >= 0.6 is 11.3 Å². The highest BCUT2D eigenvalue weighted by atomic mass is 32.2. The van der Waals surface area contributed by atoms with Crippen molar-refractivity contribution in [3.63, 3.8) is 0 Å². The molecule has 1 N–H and O–H groups in total. The molecule has 33 heavy (non-hydrogen) atoms. The van der Waals surface area contributed by atoms with E-state index in [1.165, 1.54) is 10.4 Å². The number of anilines is 1. The summed E-state index contributed by atoms with van der Waals surface area (Å²) < 4.78 is 30.2. The molecule has 8 nitrogen and oxygen atoms in total. The third-order valence-corrected chi connectivity index (χ3v) is 8.75. The van der Waals surface area contributed by atoms with Gasteiger partial charge in [0.2, 0.25) is 10.0 Å². The lowest BCUT2D eigenvalue weighted by molar-refractivity contribution is 0.102. The van der Waals surface area contributed by atoms with Crippen LogP contribution in [0.5, 0.6) is 0 Å². The van der Waals surface area contributed by atoms with Crippen molar-refractivity contribution in [1.29, 1.82) is 0 Å². The Kier molecular flexibility index (Phi) is 6.45. The molecule has 0 aliphatic carbocycles. The zero-order valence-electron chi connectivity index (χ0n) is 19.2. The van der Waals surface area contributed by atoms with E-state index >= 15 is 0 Å². The molecule has 1 aromatic heterocycles. The summed E-state index contributed by atoms with van der Waals surface area (Å²) in [6, 6.07) is 10.1. The van der Waals surface area contributed by atoms with E-state index in [1.807, 2.05) is 27.0 Å². The fraction of sp³-hybridized carbons (Fsp3) is 0.391. The first-order chi connectivity index (χ1) is 15.6. The van der Waals surface area contributed by atoms with Gasteiger partial charge >= 0.3 is 4.87 Å². The fourth-order valence-corrected chi connectivity index (χ4v) is 6.49. The second-order valence-electron chi connectivity index (χ2n) is 8.65. The third-order valence-electron chi connectivity index (χ3n) is 5.94. The number of aryl methyl sites for hydroxylation is 1. The normalized spacial score (nSPS) is 15.9. The summed E-state index contributed by atoms with van der Waals surface area (Å²) >= 11 is 1.14. The van der Waals surface area contributed by atoms with Crippen molar-refractivity contribution in [2.45, 2.75) is 31.7 Å². The van der Waals surface area contributed by atoms with Gasteiger partial charge in [0.15, 0.2) is 0 Å². The van der Waals surface area contributed by atoms with Crippen LogP contribution in [0.3, 0.4) is 0 Å². The Morgan fingerprint density at radius 1 is 1.06 bits per heavy atom. The standard InChI is InChI=1S/C23H28N4O4S2/c1-15(2)27-20-8-6-17(13-21(20)32-23(27)29)24-22(28)19-14-18(7-5-16(19)3)33(30,31)26-11-9-25(4)10-12-26/h5-8,13-15H,9-12H2,1-4H3,(H,24,28). The number of nitrogens with one attached hydrogen (secondary N) is 1. The molecule has 2 heterocycles. The van der Waals surface area contributed by atoms with Gasteiger partial charge in [0.05, 0.1) is 15.1 Å². The Morgan fingerprint density at radius 2 is 1.76 bits per heavy atom. The number of hydrogen-bond acceptors (Lipinski definition) is 6. The number of carbonyl (C=O) groups excluding carboxylic acids is 1.